The standard InChI is InChI=1S/C20H21NO4/c1-3-25-18-10-6-16(7-11-18)19(23)12-13-20(24)21-17-8-4-15(5-9-17)14(2)22/h4-11H,3,12-13H2,1-2H3,(H,21,24). The van der Waals surface area contributed by atoms with Crippen LogP contribution in [0.1, 0.15) is 47.4 Å². The Morgan fingerprint density at radius 1 is 0.880 bits per heavy atom. The molecule has 0 fully saturated rings. The number of ether oxygens (including phenoxy) is 1. The lowest BCUT2D eigenvalue weighted by Crippen LogP contribution is -2.13. The molecule has 0 radical (unpaired) electrons. The van der Waals surface area contributed by atoms with E-state index in [2.05, 4.69) is 5.32 Å². The molecule has 2 aromatic carbocycles. The third-order valence-electron chi connectivity index (χ3n) is 3.64. The van der Waals surface area contributed by atoms with Crippen molar-refractivity contribution in [3.8, 4) is 5.75 Å². The van der Waals surface area contributed by atoms with Gasteiger partial charge in [-0.1, -0.05) is 0 Å². The predicted molar refractivity (Wildman–Crippen MR) is 96.3 cm³/mol. The monoisotopic (exact) mass is 339 g/mol. The summed E-state index contributed by atoms with van der Waals surface area (Å²) < 4.78 is 5.33. The largest absolute Gasteiger partial charge is 0.494 e. The van der Waals surface area contributed by atoms with Gasteiger partial charge in [0.25, 0.3) is 0 Å². The average Bonchev–Trinajstić information content (AvgIpc) is 2.61. The van der Waals surface area contributed by atoms with E-state index in [1.165, 1.54) is 6.92 Å². The van der Waals surface area contributed by atoms with Crippen LogP contribution in [0.3, 0.4) is 0 Å². The van der Waals surface area contributed by atoms with Crippen molar-refractivity contribution >= 4 is 23.2 Å². The maximum absolute atomic E-state index is 12.1. The molecule has 0 bridgehead atoms. The van der Waals surface area contributed by atoms with Crippen LogP contribution in [0.5, 0.6) is 5.75 Å². The van der Waals surface area contributed by atoms with Crippen LogP contribution < -0.4 is 10.1 Å². The molecule has 130 valence electrons. The Labute approximate surface area is 147 Å². The molecule has 0 aromatic heterocycles. The number of nitrogens with one attached hydrogen (secondary N) is 1. The van der Waals surface area contributed by atoms with Crippen molar-refractivity contribution < 1.29 is 19.1 Å². The second-order valence-corrected chi connectivity index (χ2v) is 5.56. The molecule has 0 heterocycles. The zero-order chi connectivity index (χ0) is 18.2. The minimum Gasteiger partial charge on any atom is -0.494 e. The van der Waals surface area contributed by atoms with Crippen LogP contribution in [0.25, 0.3) is 0 Å². The van der Waals surface area contributed by atoms with Crippen LogP contribution in [-0.2, 0) is 4.79 Å². The fraction of sp³-hybridized carbons (Fsp3) is 0.250. The Morgan fingerprint density at radius 2 is 1.48 bits per heavy atom. The van der Waals surface area contributed by atoms with Crippen molar-refractivity contribution in [1.29, 1.82) is 0 Å². The molecule has 25 heavy (non-hydrogen) atoms. The van der Waals surface area contributed by atoms with Crippen molar-refractivity contribution in [3.63, 3.8) is 0 Å². The summed E-state index contributed by atoms with van der Waals surface area (Å²) in [5, 5.41) is 2.72. The lowest BCUT2D eigenvalue weighted by Gasteiger charge is -2.06. The van der Waals surface area contributed by atoms with Crippen molar-refractivity contribution in [3.05, 3.63) is 59.7 Å². The first-order chi connectivity index (χ1) is 12.0. The number of carbonyl (C=O) groups is 3. The van der Waals surface area contributed by atoms with Crippen LogP contribution in [0.15, 0.2) is 48.5 Å². The molecule has 0 spiro atoms. The van der Waals surface area contributed by atoms with Gasteiger partial charge in [0.15, 0.2) is 11.6 Å². The first kappa shape index (κ1) is 18.4. The zero-order valence-electron chi connectivity index (χ0n) is 14.4. The Morgan fingerprint density at radius 3 is 2.04 bits per heavy atom. The summed E-state index contributed by atoms with van der Waals surface area (Å²) in [5.41, 5.74) is 1.74. The number of Topliss-reactive ketones (excluding diaryl/α,β-unsaturated/α-hetero) is 2. The number of hydrogen-bond donors (Lipinski definition) is 1. The van der Waals surface area contributed by atoms with Gasteiger partial charge in [0, 0.05) is 29.7 Å². The van der Waals surface area contributed by atoms with Crippen molar-refractivity contribution in [2.24, 2.45) is 0 Å². The molecule has 0 aliphatic rings. The smallest absolute Gasteiger partial charge is 0.224 e. The van der Waals surface area contributed by atoms with Gasteiger partial charge in [-0.2, -0.15) is 0 Å². The maximum Gasteiger partial charge on any atom is 0.224 e. The fourth-order valence-electron chi connectivity index (χ4n) is 2.29. The lowest BCUT2D eigenvalue weighted by atomic mass is 10.1. The van der Waals surface area contributed by atoms with E-state index in [9.17, 15) is 14.4 Å². The summed E-state index contributed by atoms with van der Waals surface area (Å²) in [5.74, 6) is 0.351. The van der Waals surface area contributed by atoms with E-state index in [0.29, 0.717) is 29.2 Å². The van der Waals surface area contributed by atoms with E-state index in [1.807, 2.05) is 6.92 Å². The molecule has 1 amide bonds. The van der Waals surface area contributed by atoms with Gasteiger partial charge in [0.2, 0.25) is 5.91 Å². The molecule has 0 saturated carbocycles. The topological polar surface area (TPSA) is 72.5 Å². The molecule has 0 aliphatic carbocycles. The van der Waals surface area contributed by atoms with Crippen molar-refractivity contribution in [1.82, 2.24) is 0 Å². The van der Waals surface area contributed by atoms with E-state index in [-0.39, 0.29) is 30.3 Å². The summed E-state index contributed by atoms with van der Waals surface area (Å²) in [6.07, 6.45) is 0.228. The van der Waals surface area contributed by atoms with Gasteiger partial charge in [-0.25, -0.2) is 0 Å². The first-order valence-electron chi connectivity index (χ1n) is 8.16. The SMILES string of the molecule is CCOc1ccc(C(=O)CCC(=O)Nc2ccc(C(C)=O)cc2)cc1. The number of ketones is 2. The highest BCUT2D eigenvalue weighted by molar-refractivity contribution is 6.00. The Balaban J connectivity index is 1.84. The van der Waals surface area contributed by atoms with E-state index >= 15 is 0 Å². The van der Waals surface area contributed by atoms with Crippen molar-refractivity contribution in [2.45, 2.75) is 26.7 Å². The van der Waals surface area contributed by atoms with Gasteiger partial charge in [-0.15, -0.1) is 0 Å². The van der Waals surface area contributed by atoms with E-state index < -0.39 is 0 Å². The zero-order valence-corrected chi connectivity index (χ0v) is 14.4. The molecule has 0 unspecified atom stereocenters. The van der Waals surface area contributed by atoms with E-state index in [4.69, 9.17) is 4.74 Å². The summed E-state index contributed by atoms with van der Waals surface area (Å²) >= 11 is 0. The highest BCUT2D eigenvalue weighted by atomic mass is 16.5. The van der Waals surface area contributed by atoms with E-state index in [0.717, 1.165) is 0 Å². The van der Waals surface area contributed by atoms with Crippen LogP contribution in [0, 0.1) is 0 Å². The Bertz CT molecular complexity index is 748. The number of hydrogen-bond acceptors (Lipinski definition) is 4. The van der Waals surface area contributed by atoms with E-state index in [1.54, 1.807) is 48.5 Å². The predicted octanol–water partition coefficient (Wildman–Crippen LogP) is 3.89. The number of benzene rings is 2. The molecule has 5 heteroatoms. The third-order valence-corrected chi connectivity index (χ3v) is 3.64. The fourth-order valence-corrected chi connectivity index (χ4v) is 2.29. The number of amides is 1. The van der Waals surface area contributed by atoms with Gasteiger partial charge in [-0.05, 0) is 62.4 Å². The molecule has 0 aliphatic heterocycles. The molecule has 0 saturated heterocycles. The van der Waals surface area contributed by atoms with Crippen LogP contribution in [-0.4, -0.2) is 24.1 Å². The Kier molecular flexibility index (Phi) is 6.46. The second-order valence-electron chi connectivity index (χ2n) is 5.56. The average molecular weight is 339 g/mol. The lowest BCUT2D eigenvalue weighted by molar-refractivity contribution is -0.116. The van der Waals surface area contributed by atoms with Gasteiger partial charge in [0.05, 0.1) is 6.61 Å². The third kappa shape index (κ3) is 5.57. The quantitative estimate of drug-likeness (QED) is 0.741. The van der Waals surface area contributed by atoms with Gasteiger partial charge in [0.1, 0.15) is 5.75 Å². The minimum atomic E-state index is -0.241. The highest BCUT2D eigenvalue weighted by Gasteiger charge is 2.10. The van der Waals surface area contributed by atoms with Crippen LogP contribution in [0.4, 0.5) is 5.69 Å². The summed E-state index contributed by atoms with van der Waals surface area (Å²) in [7, 11) is 0. The molecule has 0 atom stereocenters. The van der Waals surface area contributed by atoms with Gasteiger partial charge in [-0.3, -0.25) is 14.4 Å². The van der Waals surface area contributed by atoms with Crippen LogP contribution in [0.2, 0.25) is 0 Å². The summed E-state index contributed by atoms with van der Waals surface area (Å²) in [6, 6.07) is 13.5. The molecule has 2 rings (SSSR count). The maximum atomic E-state index is 12.1. The second kappa shape index (κ2) is 8.78. The van der Waals surface area contributed by atoms with Gasteiger partial charge >= 0.3 is 0 Å². The Hall–Kier alpha value is -2.95. The van der Waals surface area contributed by atoms with Crippen molar-refractivity contribution in [2.75, 3.05) is 11.9 Å². The summed E-state index contributed by atoms with van der Waals surface area (Å²) in [6.45, 7) is 3.95. The molecular weight excluding hydrogens is 318 g/mol. The number of rotatable bonds is 8. The molecule has 1 N–H and O–H groups in total. The molecule has 5 nitrogen and oxygen atoms in total. The normalized spacial score (nSPS) is 10.2. The minimum absolute atomic E-state index is 0.0289. The van der Waals surface area contributed by atoms with Gasteiger partial charge < -0.3 is 10.1 Å². The molecule has 2 aromatic rings. The van der Waals surface area contributed by atoms with Crippen LogP contribution >= 0.6 is 0 Å². The number of carbonyl (C=O) groups excluding carboxylic acids is 3. The highest BCUT2D eigenvalue weighted by Crippen LogP contribution is 2.15. The number of anilines is 1. The molecular formula is C20H21NO4. The first-order valence-corrected chi connectivity index (χ1v) is 8.16. The summed E-state index contributed by atoms with van der Waals surface area (Å²) in [4.78, 5) is 35.3.